The Hall–Kier alpha value is -2.12. The van der Waals surface area contributed by atoms with E-state index in [1.165, 1.54) is 0 Å². The molecule has 0 radical (unpaired) electrons. The topological polar surface area (TPSA) is 59.9 Å². The van der Waals surface area contributed by atoms with E-state index < -0.39 is 11.9 Å². The van der Waals surface area contributed by atoms with Gasteiger partial charge in [0.15, 0.2) is 5.82 Å². The van der Waals surface area contributed by atoms with Crippen LogP contribution in [0.15, 0.2) is 6.07 Å². The Morgan fingerprint density at radius 3 is 2.61 bits per heavy atom. The average Bonchev–Trinajstić information content (AvgIpc) is 3.05. The molecule has 152 valence electrons. The van der Waals surface area contributed by atoms with Gasteiger partial charge in [-0.3, -0.25) is 4.79 Å². The molecule has 1 aliphatic carbocycles. The fraction of sp³-hybridized carbons (Fsp3) is 0.700. The van der Waals surface area contributed by atoms with Gasteiger partial charge in [0.25, 0.3) is 5.92 Å². The summed E-state index contributed by atoms with van der Waals surface area (Å²) in [5.41, 5.74) is 0.655. The number of carboxylic acids is 1. The van der Waals surface area contributed by atoms with Crippen molar-refractivity contribution in [2.75, 3.05) is 47.9 Å². The molecule has 1 aromatic heterocycles. The van der Waals surface area contributed by atoms with E-state index in [0.29, 0.717) is 54.8 Å². The minimum Gasteiger partial charge on any atom is -0.481 e. The van der Waals surface area contributed by atoms with Gasteiger partial charge < -0.3 is 19.8 Å². The van der Waals surface area contributed by atoms with Crippen molar-refractivity contribution in [3.8, 4) is 0 Å². The van der Waals surface area contributed by atoms with E-state index in [2.05, 4.69) is 16.7 Å². The van der Waals surface area contributed by atoms with Gasteiger partial charge in [-0.15, -0.1) is 0 Å². The molecule has 4 atom stereocenters. The Bertz CT molecular complexity index is 821. The fourth-order valence-electron chi connectivity index (χ4n) is 5.26. The Labute approximate surface area is 163 Å². The van der Waals surface area contributed by atoms with E-state index in [1.807, 2.05) is 11.9 Å². The summed E-state index contributed by atoms with van der Waals surface area (Å²) in [6.07, 6.45) is 1.08. The summed E-state index contributed by atoms with van der Waals surface area (Å²) in [5.74, 6) is -1.38. The lowest BCUT2D eigenvalue weighted by molar-refractivity contribution is -0.137. The van der Waals surface area contributed by atoms with Gasteiger partial charge in [-0.1, -0.05) is 0 Å². The lowest BCUT2D eigenvalue weighted by Gasteiger charge is -2.44. The molecule has 0 aromatic carbocycles. The number of anilines is 3. The Morgan fingerprint density at radius 1 is 1.32 bits per heavy atom. The third-order valence-electron chi connectivity index (χ3n) is 7.20. The van der Waals surface area contributed by atoms with Crippen LogP contribution in [0.4, 0.5) is 26.1 Å². The van der Waals surface area contributed by atoms with E-state index in [4.69, 9.17) is 10.1 Å². The van der Waals surface area contributed by atoms with Crippen molar-refractivity contribution in [3.05, 3.63) is 11.6 Å². The van der Waals surface area contributed by atoms with E-state index in [0.717, 1.165) is 13.0 Å². The largest absolute Gasteiger partial charge is 0.481 e. The summed E-state index contributed by atoms with van der Waals surface area (Å²) < 4.78 is 29.7. The highest BCUT2D eigenvalue weighted by molar-refractivity contribution is 5.77. The van der Waals surface area contributed by atoms with Crippen LogP contribution >= 0.6 is 0 Å². The number of halogens is 2. The molecule has 6 nitrogen and oxygen atoms in total. The second kappa shape index (κ2) is 5.94. The third-order valence-corrected chi connectivity index (χ3v) is 7.20. The average molecular weight is 392 g/mol. The molecule has 0 bridgehead atoms. The highest BCUT2D eigenvalue weighted by Crippen LogP contribution is 2.55. The summed E-state index contributed by atoms with van der Waals surface area (Å²) in [5, 5.41) is 9.01. The second-order valence-electron chi connectivity index (χ2n) is 8.90. The molecule has 1 saturated carbocycles. The third kappa shape index (κ3) is 2.63. The Kier molecular flexibility index (Phi) is 3.81. The number of alkyl halides is 2. The van der Waals surface area contributed by atoms with E-state index in [-0.39, 0.29) is 24.3 Å². The van der Waals surface area contributed by atoms with Crippen LogP contribution < -0.4 is 14.7 Å². The summed E-state index contributed by atoms with van der Waals surface area (Å²) in [6.45, 7) is 4.69. The Balaban J connectivity index is 1.49. The number of carbonyl (C=O) groups is 1. The fourth-order valence-corrected chi connectivity index (χ4v) is 5.26. The predicted octanol–water partition coefficient (Wildman–Crippen LogP) is 2.77. The molecule has 5 rings (SSSR count). The van der Waals surface area contributed by atoms with Crippen molar-refractivity contribution < 1.29 is 18.7 Å². The van der Waals surface area contributed by atoms with Crippen molar-refractivity contribution in [2.45, 2.75) is 38.2 Å². The van der Waals surface area contributed by atoms with Crippen molar-refractivity contribution in [2.24, 2.45) is 17.8 Å². The standard InChI is InChI=1S/C20H26F2N4O2/c1-11-3-5-26(11)19-18-15(20(21,22)4-6-24(18)2)8-16(23-19)25-9-13-12(7-17(27)28)14(13)10-25/h8,11-14H,3-7,9-10H2,1-2H3,(H,27,28)/t11-,12?,13-,14+/m0/s1. The summed E-state index contributed by atoms with van der Waals surface area (Å²) in [4.78, 5) is 21.9. The van der Waals surface area contributed by atoms with Crippen molar-refractivity contribution >= 4 is 23.3 Å². The number of nitrogens with zero attached hydrogens (tertiary/aromatic N) is 4. The van der Waals surface area contributed by atoms with Gasteiger partial charge in [-0.25, -0.2) is 13.8 Å². The smallest absolute Gasteiger partial charge is 0.303 e. The van der Waals surface area contributed by atoms with Crippen LogP contribution in [0.5, 0.6) is 0 Å². The zero-order valence-corrected chi connectivity index (χ0v) is 16.2. The minimum atomic E-state index is -2.85. The van der Waals surface area contributed by atoms with Gasteiger partial charge >= 0.3 is 5.97 Å². The zero-order chi connectivity index (χ0) is 19.8. The monoisotopic (exact) mass is 392 g/mol. The molecule has 3 fully saturated rings. The number of hydrogen-bond donors (Lipinski definition) is 1. The molecule has 3 aliphatic heterocycles. The molecule has 1 N–H and O–H groups in total. The zero-order valence-electron chi connectivity index (χ0n) is 16.2. The van der Waals surface area contributed by atoms with Crippen molar-refractivity contribution in [1.29, 1.82) is 0 Å². The second-order valence-corrected chi connectivity index (χ2v) is 8.90. The lowest BCUT2D eigenvalue weighted by Crippen LogP contribution is -2.48. The quantitative estimate of drug-likeness (QED) is 0.850. The van der Waals surface area contributed by atoms with Crippen LogP contribution in [0.1, 0.15) is 31.7 Å². The SMILES string of the molecule is C[C@H]1CCN1c1nc(N2C[C@@H]3C(CC(=O)O)[C@@H]3C2)cc2c1N(C)CCC2(F)F. The molecule has 28 heavy (non-hydrogen) atoms. The van der Waals surface area contributed by atoms with E-state index in [1.54, 1.807) is 6.07 Å². The lowest BCUT2D eigenvalue weighted by atomic mass is 9.96. The molecule has 4 heterocycles. The summed E-state index contributed by atoms with van der Waals surface area (Å²) in [6, 6.07) is 1.89. The number of piperidine rings is 1. The molecular weight excluding hydrogens is 366 g/mol. The molecule has 0 spiro atoms. The first-order valence-electron chi connectivity index (χ1n) is 10.1. The van der Waals surface area contributed by atoms with Crippen LogP contribution in [0, 0.1) is 17.8 Å². The summed E-state index contributed by atoms with van der Waals surface area (Å²) in [7, 11) is 1.87. The van der Waals surface area contributed by atoms with Gasteiger partial charge in [-0.2, -0.15) is 0 Å². The number of aromatic nitrogens is 1. The number of rotatable bonds is 4. The normalized spacial score (nSPS) is 32.6. The number of carboxylic acid groups (broad SMARTS) is 1. The van der Waals surface area contributed by atoms with Gasteiger partial charge in [0.05, 0.1) is 11.3 Å². The maximum Gasteiger partial charge on any atom is 0.303 e. The van der Waals surface area contributed by atoms with Crippen LogP contribution in [-0.4, -0.2) is 55.3 Å². The number of fused-ring (bicyclic) bond motifs is 2. The van der Waals surface area contributed by atoms with E-state index in [9.17, 15) is 13.6 Å². The minimum absolute atomic E-state index is 0.0861. The maximum atomic E-state index is 14.8. The molecular formula is C20H26F2N4O2. The van der Waals surface area contributed by atoms with Crippen LogP contribution in [0.3, 0.4) is 0 Å². The van der Waals surface area contributed by atoms with Gasteiger partial charge in [0.2, 0.25) is 0 Å². The Morgan fingerprint density at radius 2 is 2.04 bits per heavy atom. The highest BCUT2D eigenvalue weighted by atomic mass is 19.3. The molecule has 4 aliphatic rings. The first-order chi connectivity index (χ1) is 13.3. The molecule has 1 unspecified atom stereocenters. The number of pyridine rings is 1. The van der Waals surface area contributed by atoms with E-state index >= 15 is 0 Å². The molecule has 2 saturated heterocycles. The van der Waals surface area contributed by atoms with Crippen molar-refractivity contribution in [3.63, 3.8) is 0 Å². The predicted molar refractivity (Wildman–Crippen MR) is 102 cm³/mol. The van der Waals surface area contributed by atoms with Gasteiger partial charge in [0, 0.05) is 52.1 Å². The molecule has 8 heteroatoms. The van der Waals surface area contributed by atoms with Crippen LogP contribution in [0.25, 0.3) is 0 Å². The first-order valence-corrected chi connectivity index (χ1v) is 10.1. The van der Waals surface area contributed by atoms with Crippen LogP contribution in [-0.2, 0) is 10.7 Å². The van der Waals surface area contributed by atoms with Gasteiger partial charge in [0.1, 0.15) is 5.82 Å². The highest BCUT2D eigenvalue weighted by Gasteiger charge is 2.56. The van der Waals surface area contributed by atoms with Crippen molar-refractivity contribution in [1.82, 2.24) is 4.98 Å². The number of hydrogen-bond acceptors (Lipinski definition) is 5. The first kappa shape index (κ1) is 17.9. The summed E-state index contributed by atoms with van der Waals surface area (Å²) >= 11 is 0. The molecule has 1 aromatic rings. The maximum absolute atomic E-state index is 14.8. The van der Waals surface area contributed by atoms with Crippen LogP contribution in [0.2, 0.25) is 0 Å². The number of aliphatic carboxylic acids is 1. The molecule has 0 amide bonds. The van der Waals surface area contributed by atoms with Gasteiger partial charge in [-0.05, 0) is 37.2 Å².